The van der Waals surface area contributed by atoms with E-state index in [1.54, 1.807) is 12.4 Å². The third-order valence-corrected chi connectivity index (χ3v) is 6.19. The zero-order chi connectivity index (χ0) is 17.9. The van der Waals surface area contributed by atoms with Gasteiger partial charge in [0.25, 0.3) is 0 Å². The third kappa shape index (κ3) is 2.45. The van der Waals surface area contributed by atoms with Gasteiger partial charge in [-0.1, -0.05) is 12.1 Å². The van der Waals surface area contributed by atoms with Gasteiger partial charge in [0.15, 0.2) is 0 Å². The molecule has 1 aromatic heterocycles. The topological polar surface area (TPSA) is 90.8 Å². The Bertz CT molecular complexity index is 910. The number of rotatable bonds is 4. The lowest BCUT2D eigenvalue weighted by Gasteiger charge is -2.36. The van der Waals surface area contributed by atoms with Crippen LogP contribution in [0.2, 0.25) is 0 Å². The highest BCUT2D eigenvalue weighted by Crippen LogP contribution is 2.52. The van der Waals surface area contributed by atoms with E-state index in [1.165, 1.54) is 4.31 Å². The minimum atomic E-state index is -4.64. The molecule has 132 valence electrons. The number of benzene rings is 1. The van der Waals surface area contributed by atoms with Crippen LogP contribution in [0.1, 0.15) is 17.3 Å². The van der Waals surface area contributed by atoms with Crippen molar-refractivity contribution in [1.29, 1.82) is 0 Å². The highest BCUT2D eigenvalue weighted by molar-refractivity contribution is 7.89. The molecule has 1 fully saturated rings. The van der Waals surface area contributed by atoms with E-state index in [1.807, 2.05) is 0 Å². The molecular formula is C14H12F3N5O2S. The Morgan fingerprint density at radius 3 is 2.28 bits per heavy atom. The molecule has 1 saturated heterocycles. The second-order valence-electron chi connectivity index (χ2n) is 5.89. The lowest BCUT2D eigenvalue weighted by atomic mass is 10.0. The molecular weight excluding hydrogens is 359 g/mol. The maximum atomic E-state index is 13.0. The number of nitrogens with zero attached hydrogens (tertiary/aromatic N) is 4. The minimum absolute atomic E-state index is 0.0124. The van der Waals surface area contributed by atoms with E-state index < -0.39 is 21.9 Å². The molecule has 3 heterocycles. The number of nitrogens with one attached hydrogen (secondary N) is 1. The minimum Gasteiger partial charge on any atom is -0.348 e. The molecule has 0 aliphatic carbocycles. The van der Waals surface area contributed by atoms with Crippen molar-refractivity contribution in [1.82, 2.24) is 14.3 Å². The highest BCUT2D eigenvalue weighted by Gasteiger charge is 2.65. The summed E-state index contributed by atoms with van der Waals surface area (Å²) in [5.41, 5.74) is -2.74. The molecule has 2 aromatic rings. The fraction of sp³-hybridized carbons (Fsp3) is 0.357. The Kier molecular flexibility index (Phi) is 3.32. The van der Waals surface area contributed by atoms with Gasteiger partial charge in [0, 0.05) is 37.0 Å². The number of imidazole rings is 1. The normalized spacial score (nSPS) is 20.4. The fourth-order valence-corrected chi connectivity index (χ4v) is 4.29. The van der Waals surface area contributed by atoms with Crippen LogP contribution >= 0.6 is 0 Å². The number of aromatic nitrogens is 2. The van der Waals surface area contributed by atoms with Gasteiger partial charge in [-0.2, -0.15) is 17.5 Å². The van der Waals surface area contributed by atoms with Crippen LogP contribution in [0, 0.1) is 0 Å². The summed E-state index contributed by atoms with van der Waals surface area (Å²) < 4.78 is 65.2. The van der Waals surface area contributed by atoms with Gasteiger partial charge >= 0.3 is 11.8 Å². The molecule has 1 aromatic carbocycles. The monoisotopic (exact) mass is 371 g/mol. The summed E-state index contributed by atoms with van der Waals surface area (Å²) in [4.78, 5) is 6.96. The van der Waals surface area contributed by atoms with E-state index in [9.17, 15) is 21.6 Å². The lowest BCUT2D eigenvalue weighted by Crippen LogP contribution is -2.48. The molecule has 0 bridgehead atoms. The Morgan fingerprint density at radius 1 is 1.16 bits per heavy atom. The van der Waals surface area contributed by atoms with Gasteiger partial charge in [-0.25, -0.2) is 13.4 Å². The maximum absolute atomic E-state index is 13.0. The van der Waals surface area contributed by atoms with Gasteiger partial charge in [0.1, 0.15) is 5.82 Å². The van der Waals surface area contributed by atoms with Crippen molar-refractivity contribution in [3.8, 4) is 0 Å². The van der Waals surface area contributed by atoms with Crippen LogP contribution in [-0.4, -0.2) is 42.0 Å². The summed E-state index contributed by atoms with van der Waals surface area (Å²) >= 11 is 0. The number of alkyl halides is 3. The molecule has 0 amide bonds. The van der Waals surface area contributed by atoms with Crippen molar-refractivity contribution < 1.29 is 21.6 Å². The average molecular weight is 371 g/mol. The molecule has 2 aliphatic heterocycles. The van der Waals surface area contributed by atoms with E-state index >= 15 is 0 Å². The van der Waals surface area contributed by atoms with Gasteiger partial charge in [-0.3, -0.25) is 0 Å². The van der Waals surface area contributed by atoms with Crippen LogP contribution in [0.5, 0.6) is 0 Å². The van der Waals surface area contributed by atoms with Crippen molar-refractivity contribution in [2.45, 2.75) is 22.7 Å². The second kappa shape index (κ2) is 5.11. The van der Waals surface area contributed by atoms with Gasteiger partial charge in [-0.15, -0.1) is 10.2 Å². The van der Waals surface area contributed by atoms with Crippen molar-refractivity contribution in [2.75, 3.05) is 13.1 Å². The van der Waals surface area contributed by atoms with E-state index in [0.717, 1.165) is 24.3 Å². The Hall–Kier alpha value is -2.27. The highest BCUT2D eigenvalue weighted by atomic mass is 32.2. The molecule has 2 aliphatic rings. The number of hydrogen-bond donors (Lipinski definition) is 1. The average Bonchev–Trinajstić information content (AvgIpc) is 3.17. The smallest absolute Gasteiger partial charge is 0.348 e. The Balaban J connectivity index is 1.51. The van der Waals surface area contributed by atoms with E-state index in [2.05, 4.69) is 20.2 Å². The van der Waals surface area contributed by atoms with Crippen LogP contribution in [0.15, 0.2) is 51.8 Å². The van der Waals surface area contributed by atoms with Crippen molar-refractivity contribution in [2.24, 2.45) is 10.2 Å². The quantitative estimate of drug-likeness (QED) is 0.895. The zero-order valence-corrected chi connectivity index (χ0v) is 13.4. The summed E-state index contributed by atoms with van der Waals surface area (Å²) in [5.74, 6) is 0.701. The van der Waals surface area contributed by atoms with Gasteiger partial charge in [0.05, 0.1) is 4.90 Å². The molecule has 25 heavy (non-hydrogen) atoms. The molecule has 0 atom stereocenters. The number of hydrogen-bond acceptors (Lipinski definition) is 5. The number of halogens is 3. The summed E-state index contributed by atoms with van der Waals surface area (Å²) in [7, 11) is -3.75. The summed E-state index contributed by atoms with van der Waals surface area (Å²) in [5, 5.41) is 6.20. The molecule has 0 radical (unpaired) electrons. The van der Waals surface area contributed by atoms with Gasteiger partial charge in [0.2, 0.25) is 10.0 Å². The first-order chi connectivity index (χ1) is 11.7. The first-order valence-corrected chi connectivity index (χ1v) is 8.79. The summed E-state index contributed by atoms with van der Waals surface area (Å²) in [6.45, 7) is 0.545. The largest absolute Gasteiger partial charge is 0.442 e. The van der Waals surface area contributed by atoms with Crippen LogP contribution in [0.25, 0.3) is 0 Å². The van der Waals surface area contributed by atoms with E-state index in [4.69, 9.17) is 0 Å². The fourth-order valence-electron chi connectivity index (χ4n) is 2.76. The number of aromatic amines is 1. The van der Waals surface area contributed by atoms with Gasteiger partial charge in [-0.05, 0) is 12.1 Å². The molecule has 7 nitrogen and oxygen atoms in total. The standard InChI is InChI=1S/C14H12F3N5O2S/c15-14(16,17)13(20-21-13)10-1-3-11(4-2-10)25(23,24)22-7-9(8-22)12-18-5-6-19-12/h1-6,9H,7-8H2,(H,18,19). The molecule has 11 heteroatoms. The Labute approximate surface area is 140 Å². The lowest BCUT2D eigenvalue weighted by molar-refractivity contribution is -0.166. The third-order valence-electron chi connectivity index (χ3n) is 4.34. The molecule has 0 spiro atoms. The van der Waals surface area contributed by atoms with Crippen molar-refractivity contribution in [3.05, 3.63) is 48.0 Å². The van der Waals surface area contributed by atoms with Crippen LogP contribution in [-0.2, 0) is 15.7 Å². The molecule has 0 saturated carbocycles. The van der Waals surface area contributed by atoms with E-state index in [-0.39, 0.29) is 29.5 Å². The molecule has 4 rings (SSSR count). The number of sulfonamides is 1. The predicted octanol–water partition coefficient (Wildman–Crippen LogP) is 2.38. The SMILES string of the molecule is O=S(=O)(c1ccc(C2(C(F)(F)F)N=N2)cc1)N1CC(c2ncc[nH]2)C1. The van der Waals surface area contributed by atoms with Crippen molar-refractivity contribution >= 4 is 10.0 Å². The predicted molar refractivity (Wildman–Crippen MR) is 79.1 cm³/mol. The molecule has 0 unspecified atom stereocenters. The molecule has 1 N–H and O–H groups in total. The maximum Gasteiger partial charge on any atom is 0.442 e. The van der Waals surface area contributed by atoms with Crippen LogP contribution in [0.3, 0.4) is 0 Å². The first kappa shape index (κ1) is 16.2. The summed E-state index contributed by atoms with van der Waals surface area (Å²) in [6.07, 6.45) is -1.38. The van der Waals surface area contributed by atoms with Gasteiger partial charge < -0.3 is 4.98 Å². The first-order valence-electron chi connectivity index (χ1n) is 7.35. The second-order valence-corrected chi connectivity index (χ2v) is 7.83. The zero-order valence-electron chi connectivity index (χ0n) is 12.6. The van der Waals surface area contributed by atoms with E-state index in [0.29, 0.717) is 5.82 Å². The number of H-pyrrole nitrogens is 1. The Morgan fingerprint density at radius 2 is 1.80 bits per heavy atom. The summed E-state index contributed by atoms with van der Waals surface area (Å²) in [6, 6.07) is 4.51. The van der Waals surface area contributed by atoms with Crippen molar-refractivity contribution in [3.63, 3.8) is 0 Å². The van der Waals surface area contributed by atoms with Crippen LogP contribution < -0.4 is 0 Å². The van der Waals surface area contributed by atoms with Crippen LogP contribution in [0.4, 0.5) is 13.2 Å².